The molecule has 0 aliphatic carbocycles. The van der Waals surface area contributed by atoms with Crippen molar-refractivity contribution in [2.75, 3.05) is 20.3 Å². The van der Waals surface area contributed by atoms with E-state index < -0.39 is 10.0 Å². The van der Waals surface area contributed by atoms with E-state index in [1.165, 1.54) is 17.0 Å². The SMILES string of the molecule is COCCCn1nc(-c2cocn2)c2c1CCN(S(=O)(=O)c1ccccc1)C2. The first kappa shape index (κ1) is 18.9. The summed E-state index contributed by atoms with van der Waals surface area (Å²) in [5.74, 6) is 0. The number of benzene rings is 1. The number of nitrogens with zero attached hydrogens (tertiary/aromatic N) is 4. The molecule has 8 nitrogen and oxygen atoms in total. The first-order chi connectivity index (χ1) is 13.6. The van der Waals surface area contributed by atoms with Crippen LogP contribution in [0.2, 0.25) is 0 Å². The predicted octanol–water partition coefficient (Wildman–Crippen LogP) is 2.32. The fourth-order valence-electron chi connectivity index (χ4n) is 3.49. The van der Waals surface area contributed by atoms with E-state index >= 15 is 0 Å². The van der Waals surface area contributed by atoms with Crippen molar-refractivity contribution < 1.29 is 17.6 Å². The van der Waals surface area contributed by atoms with Crippen molar-refractivity contribution in [3.8, 4) is 11.4 Å². The molecule has 3 aromatic rings. The third-order valence-electron chi connectivity index (χ3n) is 4.87. The first-order valence-electron chi connectivity index (χ1n) is 9.12. The highest BCUT2D eigenvalue weighted by atomic mass is 32.2. The second-order valence-corrected chi connectivity index (χ2v) is 8.56. The van der Waals surface area contributed by atoms with Crippen molar-refractivity contribution in [1.82, 2.24) is 19.1 Å². The zero-order chi connectivity index (χ0) is 19.6. The highest BCUT2D eigenvalue weighted by Crippen LogP contribution is 2.32. The van der Waals surface area contributed by atoms with Crippen LogP contribution in [-0.2, 0) is 34.3 Å². The van der Waals surface area contributed by atoms with Gasteiger partial charge in [0.15, 0.2) is 6.39 Å². The summed E-state index contributed by atoms with van der Waals surface area (Å²) in [6, 6.07) is 8.52. The molecule has 0 radical (unpaired) electrons. The maximum atomic E-state index is 13.1. The molecular weight excluding hydrogens is 380 g/mol. The molecule has 0 saturated carbocycles. The van der Waals surface area contributed by atoms with Crippen LogP contribution < -0.4 is 0 Å². The number of oxazole rings is 1. The van der Waals surface area contributed by atoms with Crippen molar-refractivity contribution in [1.29, 1.82) is 0 Å². The number of hydrogen-bond acceptors (Lipinski definition) is 6. The molecule has 0 spiro atoms. The molecule has 0 atom stereocenters. The molecule has 0 unspecified atom stereocenters. The maximum Gasteiger partial charge on any atom is 0.243 e. The number of rotatable bonds is 7. The van der Waals surface area contributed by atoms with Gasteiger partial charge in [-0.15, -0.1) is 0 Å². The molecule has 28 heavy (non-hydrogen) atoms. The van der Waals surface area contributed by atoms with Crippen LogP contribution in [0.5, 0.6) is 0 Å². The van der Waals surface area contributed by atoms with Crippen LogP contribution in [0.1, 0.15) is 17.7 Å². The molecule has 148 valence electrons. The quantitative estimate of drug-likeness (QED) is 0.564. The molecule has 0 amide bonds. The third kappa shape index (κ3) is 3.48. The standard InChI is InChI=1S/C19H22N4O4S/c1-26-11-5-9-23-18-8-10-22(28(24,25)15-6-3-2-4-7-15)12-16(18)19(21-23)17-13-27-14-20-17/h2-4,6-7,13-14H,5,8-12H2,1H3. The van der Waals surface area contributed by atoms with Gasteiger partial charge in [-0.3, -0.25) is 4.68 Å². The van der Waals surface area contributed by atoms with Gasteiger partial charge in [0.2, 0.25) is 10.0 Å². The van der Waals surface area contributed by atoms with E-state index in [0.717, 1.165) is 17.7 Å². The first-order valence-corrected chi connectivity index (χ1v) is 10.6. The van der Waals surface area contributed by atoms with Gasteiger partial charge in [0.1, 0.15) is 17.7 Å². The normalized spacial score (nSPS) is 14.9. The predicted molar refractivity (Wildman–Crippen MR) is 102 cm³/mol. The minimum Gasteiger partial charge on any atom is -0.451 e. The lowest BCUT2D eigenvalue weighted by atomic mass is 10.1. The van der Waals surface area contributed by atoms with Crippen LogP contribution >= 0.6 is 0 Å². The number of aryl methyl sites for hydroxylation is 1. The molecule has 3 heterocycles. The summed E-state index contributed by atoms with van der Waals surface area (Å²) in [4.78, 5) is 4.51. The van der Waals surface area contributed by atoms with Gasteiger partial charge in [-0.05, 0) is 18.6 Å². The van der Waals surface area contributed by atoms with Crippen molar-refractivity contribution >= 4 is 10.0 Å². The summed E-state index contributed by atoms with van der Waals surface area (Å²) < 4.78 is 39.8. The van der Waals surface area contributed by atoms with Gasteiger partial charge in [-0.25, -0.2) is 13.4 Å². The third-order valence-corrected chi connectivity index (χ3v) is 6.73. The Morgan fingerprint density at radius 2 is 2.07 bits per heavy atom. The Kier molecular flexibility index (Phi) is 5.29. The van der Waals surface area contributed by atoms with E-state index in [4.69, 9.17) is 14.3 Å². The number of methoxy groups -OCH3 is 1. The Labute approximate surface area is 163 Å². The van der Waals surface area contributed by atoms with E-state index in [0.29, 0.717) is 42.4 Å². The van der Waals surface area contributed by atoms with Crippen LogP contribution in [0.3, 0.4) is 0 Å². The van der Waals surface area contributed by atoms with Crippen LogP contribution in [0.4, 0.5) is 0 Å². The Bertz CT molecular complexity index is 1030. The van der Waals surface area contributed by atoms with E-state index in [2.05, 4.69) is 4.98 Å². The average Bonchev–Trinajstić information content (AvgIpc) is 3.36. The van der Waals surface area contributed by atoms with Gasteiger partial charge in [0.05, 0.1) is 4.90 Å². The summed E-state index contributed by atoms with van der Waals surface area (Å²) >= 11 is 0. The highest BCUT2D eigenvalue weighted by molar-refractivity contribution is 7.89. The Morgan fingerprint density at radius 3 is 2.79 bits per heavy atom. The molecule has 0 fully saturated rings. The highest BCUT2D eigenvalue weighted by Gasteiger charge is 2.33. The Hall–Kier alpha value is -2.49. The number of sulfonamides is 1. The van der Waals surface area contributed by atoms with Gasteiger partial charge in [-0.2, -0.15) is 9.40 Å². The molecule has 2 aromatic heterocycles. The summed E-state index contributed by atoms with van der Waals surface area (Å²) in [5.41, 5.74) is 3.22. The number of fused-ring (bicyclic) bond motifs is 1. The van der Waals surface area contributed by atoms with Crippen LogP contribution in [-0.4, -0.2) is 47.7 Å². The summed E-state index contributed by atoms with van der Waals surface area (Å²) in [7, 11) is -1.90. The second kappa shape index (κ2) is 7.86. The fourth-order valence-corrected chi connectivity index (χ4v) is 4.92. The average molecular weight is 402 g/mol. The molecule has 1 aromatic carbocycles. The van der Waals surface area contributed by atoms with Crippen molar-refractivity contribution in [3.63, 3.8) is 0 Å². The van der Waals surface area contributed by atoms with Gasteiger partial charge in [0, 0.05) is 51.0 Å². The van der Waals surface area contributed by atoms with E-state index in [1.54, 1.807) is 37.4 Å². The molecule has 0 bridgehead atoms. The van der Waals surface area contributed by atoms with Gasteiger partial charge >= 0.3 is 0 Å². The molecule has 1 aliphatic rings. The largest absolute Gasteiger partial charge is 0.451 e. The van der Waals surface area contributed by atoms with E-state index in [9.17, 15) is 8.42 Å². The number of ether oxygens (including phenoxy) is 1. The Morgan fingerprint density at radius 1 is 1.25 bits per heavy atom. The molecule has 0 saturated heterocycles. The smallest absolute Gasteiger partial charge is 0.243 e. The molecule has 4 rings (SSSR count). The summed E-state index contributed by atoms with van der Waals surface area (Å²) in [6.45, 7) is 2.03. The molecule has 9 heteroatoms. The Balaban J connectivity index is 1.69. The summed E-state index contributed by atoms with van der Waals surface area (Å²) in [6.07, 6.45) is 4.31. The zero-order valence-corrected chi connectivity index (χ0v) is 16.4. The zero-order valence-electron chi connectivity index (χ0n) is 15.6. The van der Waals surface area contributed by atoms with E-state index in [1.807, 2.05) is 4.68 Å². The number of hydrogen-bond donors (Lipinski definition) is 0. The van der Waals surface area contributed by atoms with Gasteiger partial charge in [-0.1, -0.05) is 18.2 Å². The van der Waals surface area contributed by atoms with Crippen LogP contribution in [0, 0.1) is 0 Å². The van der Waals surface area contributed by atoms with Crippen LogP contribution in [0.25, 0.3) is 11.4 Å². The topological polar surface area (TPSA) is 90.5 Å². The molecular formula is C19H22N4O4S. The van der Waals surface area contributed by atoms with E-state index in [-0.39, 0.29) is 6.54 Å². The lowest BCUT2D eigenvalue weighted by Crippen LogP contribution is -2.36. The van der Waals surface area contributed by atoms with Gasteiger partial charge in [0.25, 0.3) is 0 Å². The fraction of sp³-hybridized carbons (Fsp3) is 0.368. The second-order valence-electron chi connectivity index (χ2n) is 6.62. The minimum atomic E-state index is -3.57. The van der Waals surface area contributed by atoms with Crippen LogP contribution in [0.15, 0.2) is 52.3 Å². The summed E-state index contributed by atoms with van der Waals surface area (Å²) in [5, 5.41) is 4.71. The van der Waals surface area contributed by atoms with Gasteiger partial charge < -0.3 is 9.15 Å². The minimum absolute atomic E-state index is 0.263. The molecule has 0 N–H and O–H groups in total. The monoisotopic (exact) mass is 402 g/mol. The maximum absolute atomic E-state index is 13.1. The lowest BCUT2D eigenvalue weighted by molar-refractivity contribution is 0.188. The number of aromatic nitrogens is 3. The molecule has 1 aliphatic heterocycles. The van der Waals surface area contributed by atoms with Crippen molar-refractivity contribution in [2.24, 2.45) is 0 Å². The van der Waals surface area contributed by atoms with Crippen molar-refractivity contribution in [2.45, 2.75) is 30.8 Å². The lowest BCUT2D eigenvalue weighted by Gasteiger charge is -2.27. The van der Waals surface area contributed by atoms with Crippen molar-refractivity contribution in [3.05, 3.63) is 54.2 Å².